The summed E-state index contributed by atoms with van der Waals surface area (Å²) >= 11 is 0. The number of aryl methyl sites for hydroxylation is 1. The lowest BCUT2D eigenvalue weighted by atomic mass is 10.2. The fourth-order valence-corrected chi connectivity index (χ4v) is 3.29. The second-order valence-electron chi connectivity index (χ2n) is 6.83. The summed E-state index contributed by atoms with van der Waals surface area (Å²) in [5, 5.41) is 3.15. The second-order valence-corrected chi connectivity index (χ2v) is 6.83. The van der Waals surface area contributed by atoms with Crippen LogP contribution in [0.1, 0.15) is 31.1 Å². The van der Waals surface area contributed by atoms with Crippen molar-refractivity contribution in [1.82, 2.24) is 14.9 Å². The number of rotatable bonds is 6. The van der Waals surface area contributed by atoms with Gasteiger partial charge < -0.3 is 29.0 Å². The van der Waals surface area contributed by atoms with Gasteiger partial charge in [-0.25, -0.2) is 19.0 Å². The number of esters is 1. The monoisotopic (exact) mass is 436 g/mol. The zero-order valence-electron chi connectivity index (χ0n) is 17.6. The highest BCUT2D eigenvalue weighted by molar-refractivity contribution is 5.93. The minimum absolute atomic E-state index is 0.0355. The van der Waals surface area contributed by atoms with E-state index in [0.717, 1.165) is 6.07 Å². The van der Waals surface area contributed by atoms with Crippen molar-refractivity contribution >= 4 is 29.0 Å². The van der Waals surface area contributed by atoms with Crippen molar-refractivity contribution in [2.24, 2.45) is 0 Å². The zero-order valence-corrected chi connectivity index (χ0v) is 17.6. The molecule has 168 valence electrons. The fraction of sp³-hybridized carbons (Fsp3) is 0.500. The molecule has 31 heavy (non-hydrogen) atoms. The van der Waals surface area contributed by atoms with Crippen LogP contribution in [0.3, 0.4) is 0 Å². The van der Waals surface area contributed by atoms with Crippen molar-refractivity contribution in [2.45, 2.75) is 33.6 Å². The molecular weight excluding hydrogens is 411 g/mol. The number of halogens is 1. The Kier molecular flexibility index (Phi) is 7.06. The first-order valence-electron chi connectivity index (χ1n) is 10.1. The molecule has 0 spiro atoms. The van der Waals surface area contributed by atoms with Crippen molar-refractivity contribution in [2.75, 3.05) is 37.7 Å². The lowest BCUT2D eigenvalue weighted by Crippen LogP contribution is -2.44. The van der Waals surface area contributed by atoms with Gasteiger partial charge in [-0.2, -0.15) is 0 Å². The molecule has 3 heterocycles. The molecule has 1 aliphatic rings. The summed E-state index contributed by atoms with van der Waals surface area (Å²) in [6, 6.07) is 1.10. The van der Waals surface area contributed by atoms with Crippen LogP contribution in [0.5, 0.6) is 0 Å². The van der Waals surface area contributed by atoms with Gasteiger partial charge in [0.1, 0.15) is 11.2 Å². The summed E-state index contributed by atoms with van der Waals surface area (Å²) in [4.78, 5) is 43.0. The van der Waals surface area contributed by atoms with Crippen LogP contribution in [0.2, 0.25) is 0 Å². The molecule has 3 rings (SSSR count). The number of fused-ring (bicyclic) bond motifs is 1. The average Bonchev–Trinajstić information content (AvgIpc) is 2.74. The standard InChI is InChI=1S/C20H25FN4O6/c1-4-24-11-14(19(27)30-12(3)31-20(28)29-5-2)16(26)13-10-15(21)18(23-17(13)24)25-8-6-22-7-9-25/h10-12,22H,4-9H2,1-3H3. The Morgan fingerprint density at radius 3 is 2.61 bits per heavy atom. The first-order chi connectivity index (χ1) is 14.8. The molecule has 1 aliphatic heterocycles. The molecule has 0 bridgehead atoms. The average molecular weight is 436 g/mol. The normalized spacial score (nSPS) is 14.9. The van der Waals surface area contributed by atoms with Crippen molar-refractivity contribution in [3.63, 3.8) is 0 Å². The minimum Gasteiger partial charge on any atom is -0.435 e. The molecule has 11 heteroatoms. The maximum atomic E-state index is 14.8. The van der Waals surface area contributed by atoms with Gasteiger partial charge in [0.15, 0.2) is 11.6 Å². The number of hydrogen-bond donors (Lipinski definition) is 1. The number of nitrogens with one attached hydrogen (secondary N) is 1. The minimum atomic E-state index is -1.28. The number of nitrogens with zero attached hydrogens (tertiary/aromatic N) is 3. The number of anilines is 1. The molecule has 1 saturated heterocycles. The van der Waals surface area contributed by atoms with Crippen LogP contribution in [-0.4, -0.2) is 60.8 Å². The maximum Gasteiger partial charge on any atom is 0.511 e. The van der Waals surface area contributed by atoms with Crippen LogP contribution in [0.15, 0.2) is 17.1 Å². The summed E-state index contributed by atoms with van der Waals surface area (Å²) in [6.07, 6.45) is -0.961. The fourth-order valence-electron chi connectivity index (χ4n) is 3.29. The largest absolute Gasteiger partial charge is 0.511 e. The Labute approximate surface area is 177 Å². The number of piperazine rings is 1. The van der Waals surface area contributed by atoms with Crippen LogP contribution in [0.25, 0.3) is 11.0 Å². The van der Waals surface area contributed by atoms with E-state index in [-0.39, 0.29) is 29.0 Å². The molecule has 2 aromatic heterocycles. The predicted octanol–water partition coefficient (Wildman–Crippen LogP) is 1.64. The molecule has 0 aliphatic carbocycles. The third kappa shape index (κ3) is 4.93. The molecule has 1 fully saturated rings. The highest BCUT2D eigenvalue weighted by Crippen LogP contribution is 2.22. The molecular formula is C20H25FN4O6. The number of pyridine rings is 2. The van der Waals surface area contributed by atoms with Gasteiger partial charge in [-0.3, -0.25) is 4.79 Å². The summed E-state index contributed by atoms with van der Waals surface area (Å²) in [5.41, 5.74) is -0.758. The van der Waals surface area contributed by atoms with Crippen LogP contribution in [0, 0.1) is 5.82 Å². The number of carbonyl (C=O) groups is 2. The van der Waals surface area contributed by atoms with Gasteiger partial charge in [0.25, 0.3) is 0 Å². The molecule has 1 atom stereocenters. The topological polar surface area (TPSA) is 112 Å². The molecule has 0 radical (unpaired) electrons. The van der Waals surface area contributed by atoms with E-state index in [0.29, 0.717) is 32.7 Å². The molecule has 0 aromatic carbocycles. The number of aromatic nitrogens is 2. The van der Waals surface area contributed by atoms with E-state index >= 15 is 0 Å². The van der Waals surface area contributed by atoms with Gasteiger partial charge in [-0.05, 0) is 19.9 Å². The lowest BCUT2D eigenvalue weighted by Gasteiger charge is -2.29. The Morgan fingerprint density at radius 1 is 1.26 bits per heavy atom. The summed E-state index contributed by atoms with van der Waals surface area (Å²) in [5.74, 6) is -1.47. The van der Waals surface area contributed by atoms with E-state index < -0.39 is 29.7 Å². The number of hydrogen-bond acceptors (Lipinski definition) is 9. The lowest BCUT2D eigenvalue weighted by molar-refractivity contribution is -0.0812. The molecule has 10 nitrogen and oxygen atoms in total. The predicted molar refractivity (Wildman–Crippen MR) is 110 cm³/mol. The molecule has 1 N–H and O–H groups in total. The molecule has 2 aromatic rings. The third-order valence-electron chi connectivity index (χ3n) is 4.76. The van der Waals surface area contributed by atoms with Crippen LogP contribution in [0.4, 0.5) is 15.0 Å². The Morgan fingerprint density at radius 2 is 1.97 bits per heavy atom. The van der Waals surface area contributed by atoms with Gasteiger partial charge >= 0.3 is 12.1 Å². The first kappa shape index (κ1) is 22.5. The summed E-state index contributed by atoms with van der Waals surface area (Å²) < 4.78 is 30.8. The maximum absolute atomic E-state index is 14.8. The molecule has 0 saturated carbocycles. The van der Waals surface area contributed by atoms with Crippen LogP contribution in [-0.2, 0) is 20.8 Å². The zero-order chi connectivity index (χ0) is 22.5. The Bertz CT molecular complexity index is 1030. The van der Waals surface area contributed by atoms with Crippen LogP contribution < -0.4 is 15.6 Å². The summed E-state index contributed by atoms with van der Waals surface area (Å²) in [6.45, 7) is 7.79. The number of ether oxygens (including phenoxy) is 3. The highest BCUT2D eigenvalue weighted by atomic mass is 19.1. The van der Waals surface area contributed by atoms with Crippen molar-refractivity contribution in [1.29, 1.82) is 0 Å². The van der Waals surface area contributed by atoms with Gasteiger partial charge in [0, 0.05) is 45.8 Å². The van der Waals surface area contributed by atoms with Gasteiger partial charge in [-0.1, -0.05) is 0 Å². The quantitative estimate of drug-likeness (QED) is 0.533. The Balaban J connectivity index is 1.95. The van der Waals surface area contributed by atoms with E-state index in [9.17, 15) is 18.8 Å². The van der Waals surface area contributed by atoms with E-state index in [1.807, 2.05) is 4.90 Å². The van der Waals surface area contributed by atoms with Crippen molar-refractivity contribution in [3.8, 4) is 0 Å². The van der Waals surface area contributed by atoms with Crippen molar-refractivity contribution in [3.05, 3.63) is 33.9 Å². The first-order valence-corrected chi connectivity index (χ1v) is 10.1. The third-order valence-corrected chi connectivity index (χ3v) is 4.76. The smallest absolute Gasteiger partial charge is 0.435 e. The van der Waals surface area contributed by atoms with E-state index in [1.54, 1.807) is 18.4 Å². The second kappa shape index (κ2) is 9.73. The molecule has 1 unspecified atom stereocenters. The van der Waals surface area contributed by atoms with E-state index in [4.69, 9.17) is 9.47 Å². The number of carbonyl (C=O) groups excluding carboxylic acids is 2. The van der Waals surface area contributed by atoms with E-state index in [1.165, 1.54) is 13.1 Å². The highest BCUT2D eigenvalue weighted by Gasteiger charge is 2.24. The van der Waals surface area contributed by atoms with Gasteiger partial charge in [0.05, 0.1) is 12.0 Å². The van der Waals surface area contributed by atoms with Gasteiger partial charge in [0.2, 0.25) is 11.7 Å². The SMILES string of the molecule is CCOC(=O)OC(C)OC(=O)c1cn(CC)c2nc(N3CCNCC3)c(F)cc2c1=O. The Hall–Kier alpha value is -3.21. The van der Waals surface area contributed by atoms with Crippen molar-refractivity contribution < 1.29 is 28.2 Å². The van der Waals surface area contributed by atoms with Gasteiger partial charge in [-0.15, -0.1) is 0 Å². The summed E-state index contributed by atoms with van der Waals surface area (Å²) in [7, 11) is 0. The molecule has 0 amide bonds. The van der Waals surface area contributed by atoms with Crippen LogP contribution >= 0.6 is 0 Å². The van der Waals surface area contributed by atoms with E-state index in [2.05, 4.69) is 15.0 Å².